The van der Waals surface area contributed by atoms with Crippen LogP contribution in [0.2, 0.25) is 0 Å². The molecular weight excluding hydrogens is 394 g/mol. The van der Waals surface area contributed by atoms with E-state index in [4.69, 9.17) is 5.21 Å². The van der Waals surface area contributed by atoms with Crippen LogP contribution in [0.5, 0.6) is 0 Å². The molecule has 3 rings (SSSR count). The Kier molecular flexibility index (Phi) is 7.94. The summed E-state index contributed by atoms with van der Waals surface area (Å²) in [6.45, 7) is 3.79. The highest BCUT2D eigenvalue weighted by Gasteiger charge is 2.27. The molecule has 0 saturated carbocycles. The zero-order chi connectivity index (χ0) is 22.2. The Morgan fingerprint density at radius 2 is 1.97 bits per heavy atom. The average Bonchev–Trinajstić information content (AvgIpc) is 3.21. The average molecular weight is 424 g/mol. The number of aliphatic hydroxyl groups excluding tert-OH is 1. The van der Waals surface area contributed by atoms with Crippen LogP contribution in [0.3, 0.4) is 0 Å². The molecule has 7 nitrogen and oxygen atoms in total. The molecule has 0 heterocycles. The molecule has 1 aliphatic rings. The Labute approximate surface area is 182 Å². The van der Waals surface area contributed by atoms with E-state index in [1.807, 2.05) is 37.3 Å². The third-order valence-corrected chi connectivity index (χ3v) is 5.52. The Hall–Kier alpha value is -3.00. The van der Waals surface area contributed by atoms with Gasteiger partial charge in [0.2, 0.25) is 0 Å². The van der Waals surface area contributed by atoms with Gasteiger partial charge in [-0.25, -0.2) is 5.48 Å². The third kappa shape index (κ3) is 5.79. The minimum absolute atomic E-state index is 0.0694. The van der Waals surface area contributed by atoms with E-state index in [1.54, 1.807) is 11.6 Å². The van der Waals surface area contributed by atoms with Crippen LogP contribution in [0, 0.1) is 0 Å². The standard InChI is InChI=1S/C24H29N3O4/c1-2-25-24(30)19-7-3-18(4-8-19)16-27(13-14-28)22-11-9-20-15-17(5-10-21(20)22)6-12-23(29)26-31/h3-8,10,12,15,22,28,31H,2,9,11,13-14,16H2,1H3,(H,25,30)(H,26,29)/b12-6+. The van der Waals surface area contributed by atoms with Gasteiger partial charge in [-0.1, -0.05) is 30.3 Å². The quantitative estimate of drug-likeness (QED) is 0.282. The fourth-order valence-corrected chi connectivity index (χ4v) is 4.04. The summed E-state index contributed by atoms with van der Waals surface area (Å²) in [5.41, 5.74) is 6.67. The molecule has 0 fully saturated rings. The van der Waals surface area contributed by atoms with E-state index in [-0.39, 0.29) is 18.6 Å². The molecule has 31 heavy (non-hydrogen) atoms. The summed E-state index contributed by atoms with van der Waals surface area (Å²) in [6, 6.07) is 13.9. The first-order chi connectivity index (χ1) is 15.0. The van der Waals surface area contributed by atoms with Crippen molar-refractivity contribution in [2.24, 2.45) is 0 Å². The lowest BCUT2D eigenvalue weighted by Crippen LogP contribution is -2.30. The number of nitrogens with zero attached hydrogens (tertiary/aromatic N) is 1. The van der Waals surface area contributed by atoms with Gasteiger partial charge in [0.15, 0.2) is 0 Å². The normalized spacial score (nSPS) is 15.3. The Balaban J connectivity index is 1.74. The van der Waals surface area contributed by atoms with Gasteiger partial charge in [-0.15, -0.1) is 0 Å². The van der Waals surface area contributed by atoms with Crippen molar-refractivity contribution in [1.82, 2.24) is 15.7 Å². The highest BCUT2D eigenvalue weighted by Crippen LogP contribution is 2.37. The SMILES string of the molecule is CCNC(=O)c1ccc(CN(CCO)C2CCc3cc(/C=C/C(=O)NO)ccc32)cc1. The molecule has 0 aromatic heterocycles. The van der Waals surface area contributed by atoms with Gasteiger partial charge in [0.25, 0.3) is 11.8 Å². The third-order valence-electron chi connectivity index (χ3n) is 5.52. The van der Waals surface area contributed by atoms with Crippen LogP contribution in [0.15, 0.2) is 48.5 Å². The lowest BCUT2D eigenvalue weighted by molar-refractivity contribution is -0.124. The number of hydrogen-bond donors (Lipinski definition) is 4. The first-order valence-corrected chi connectivity index (χ1v) is 10.5. The first kappa shape index (κ1) is 22.7. The summed E-state index contributed by atoms with van der Waals surface area (Å²) in [6.07, 6.45) is 4.83. The molecule has 2 aromatic carbocycles. The van der Waals surface area contributed by atoms with Crippen molar-refractivity contribution in [1.29, 1.82) is 0 Å². The number of fused-ring (bicyclic) bond motifs is 1. The van der Waals surface area contributed by atoms with E-state index in [0.29, 0.717) is 25.2 Å². The molecule has 4 N–H and O–H groups in total. The van der Waals surface area contributed by atoms with Crippen molar-refractivity contribution in [3.8, 4) is 0 Å². The number of hydrogen-bond acceptors (Lipinski definition) is 5. The number of hydroxylamine groups is 1. The van der Waals surface area contributed by atoms with E-state index < -0.39 is 5.91 Å². The maximum absolute atomic E-state index is 12.0. The van der Waals surface area contributed by atoms with Crippen LogP contribution in [-0.2, 0) is 17.8 Å². The lowest BCUT2D eigenvalue weighted by atomic mass is 10.0. The summed E-state index contributed by atoms with van der Waals surface area (Å²) < 4.78 is 0. The van der Waals surface area contributed by atoms with Gasteiger partial charge in [-0.05, 0) is 60.2 Å². The van der Waals surface area contributed by atoms with Gasteiger partial charge in [-0.3, -0.25) is 19.7 Å². The molecule has 0 aliphatic heterocycles. The predicted molar refractivity (Wildman–Crippen MR) is 118 cm³/mol. The fourth-order valence-electron chi connectivity index (χ4n) is 4.04. The van der Waals surface area contributed by atoms with Gasteiger partial charge >= 0.3 is 0 Å². The predicted octanol–water partition coefficient (Wildman–Crippen LogP) is 2.44. The molecule has 164 valence electrons. The largest absolute Gasteiger partial charge is 0.395 e. The van der Waals surface area contributed by atoms with Gasteiger partial charge in [0.05, 0.1) is 6.61 Å². The zero-order valence-corrected chi connectivity index (χ0v) is 17.7. The number of benzene rings is 2. The fraction of sp³-hybridized carbons (Fsp3) is 0.333. The van der Waals surface area contributed by atoms with Gasteiger partial charge < -0.3 is 10.4 Å². The van der Waals surface area contributed by atoms with Crippen LogP contribution >= 0.6 is 0 Å². The number of carbonyl (C=O) groups excluding carboxylic acids is 2. The number of rotatable bonds is 9. The molecule has 2 amide bonds. The Bertz CT molecular complexity index is 940. The van der Waals surface area contributed by atoms with E-state index >= 15 is 0 Å². The number of carbonyl (C=O) groups is 2. The second-order valence-corrected chi connectivity index (χ2v) is 7.57. The van der Waals surface area contributed by atoms with Crippen molar-refractivity contribution >= 4 is 17.9 Å². The molecule has 0 bridgehead atoms. The molecule has 2 aromatic rings. The maximum atomic E-state index is 12.0. The molecule has 1 aliphatic carbocycles. The molecule has 1 unspecified atom stereocenters. The second kappa shape index (κ2) is 10.9. The highest BCUT2D eigenvalue weighted by molar-refractivity contribution is 5.94. The van der Waals surface area contributed by atoms with Crippen molar-refractivity contribution in [2.45, 2.75) is 32.4 Å². The van der Waals surface area contributed by atoms with Crippen molar-refractivity contribution in [3.05, 3.63) is 76.4 Å². The summed E-state index contributed by atoms with van der Waals surface area (Å²) >= 11 is 0. The lowest BCUT2D eigenvalue weighted by Gasteiger charge is -2.29. The Morgan fingerprint density at radius 1 is 1.19 bits per heavy atom. The van der Waals surface area contributed by atoms with E-state index in [1.165, 1.54) is 17.2 Å². The summed E-state index contributed by atoms with van der Waals surface area (Å²) in [4.78, 5) is 25.4. The van der Waals surface area contributed by atoms with Gasteiger partial charge in [-0.2, -0.15) is 0 Å². The summed E-state index contributed by atoms with van der Waals surface area (Å²) in [7, 11) is 0. The highest BCUT2D eigenvalue weighted by atomic mass is 16.5. The van der Waals surface area contributed by atoms with Crippen LogP contribution < -0.4 is 10.8 Å². The van der Waals surface area contributed by atoms with Crippen molar-refractivity contribution in [2.75, 3.05) is 19.7 Å². The first-order valence-electron chi connectivity index (χ1n) is 10.5. The smallest absolute Gasteiger partial charge is 0.267 e. The molecular formula is C24H29N3O4. The number of aryl methyl sites for hydroxylation is 1. The topological polar surface area (TPSA) is 102 Å². The van der Waals surface area contributed by atoms with Gasteiger partial charge in [0.1, 0.15) is 0 Å². The second-order valence-electron chi connectivity index (χ2n) is 7.57. The maximum Gasteiger partial charge on any atom is 0.267 e. The molecule has 0 radical (unpaired) electrons. The molecule has 0 saturated heterocycles. The molecule has 7 heteroatoms. The molecule has 0 spiro atoms. The van der Waals surface area contributed by atoms with Crippen LogP contribution in [0.4, 0.5) is 0 Å². The van der Waals surface area contributed by atoms with Crippen molar-refractivity contribution < 1.29 is 19.9 Å². The minimum atomic E-state index is -0.564. The van der Waals surface area contributed by atoms with Crippen LogP contribution in [0.1, 0.15) is 52.0 Å². The van der Waals surface area contributed by atoms with Crippen LogP contribution in [-0.4, -0.2) is 46.7 Å². The van der Waals surface area contributed by atoms with Crippen LogP contribution in [0.25, 0.3) is 6.08 Å². The van der Waals surface area contributed by atoms with E-state index in [9.17, 15) is 14.7 Å². The van der Waals surface area contributed by atoms with Crippen molar-refractivity contribution in [3.63, 3.8) is 0 Å². The molecule has 1 atom stereocenters. The number of amides is 2. The Morgan fingerprint density at radius 3 is 2.65 bits per heavy atom. The monoisotopic (exact) mass is 423 g/mol. The van der Waals surface area contributed by atoms with Gasteiger partial charge in [0, 0.05) is 37.3 Å². The minimum Gasteiger partial charge on any atom is -0.395 e. The van der Waals surface area contributed by atoms with E-state index in [2.05, 4.69) is 22.3 Å². The summed E-state index contributed by atoms with van der Waals surface area (Å²) in [5.74, 6) is -0.641. The number of nitrogens with one attached hydrogen (secondary N) is 2. The van der Waals surface area contributed by atoms with E-state index in [0.717, 1.165) is 24.0 Å². The number of aliphatic hydroxyl groups is 1. The zero-order valence-electron chi connectivity index (χ0n) is 17.7. The summed E-state index contributed by atoms with van der Waals surface area (Å²) in [5, 5.41) is 21.0.